The van der Waals surface area contributed by atoms with Gasteiger partial charge in [-0.15, -0.1) is 0 Å². The van der Waals surface area contributed by atoms with Gasteiger partial charge in [-0.3, -0.25) is 9.79 Å². The van der Waals surface area contributed by atoms with E-state index in [1.165, 1.54) is 24.0 Å². The van der Waals surface area contributed by atoms with E-state index in [4.69, 9.17) is 0 Å². The minimum Gasteiger partial charge on any atom is -0.325 e. The number of fused-ring (bicyclic) bond motifs is 2. The van der Waals surface area contributed by atoms with Crippen LogP contribution >= 0.6 is 0 Å². The molecule has 0 bridgehead atoms. The van der Waals surface area contributed by atoms with Crippen molar-refractivity contribution in [2.24, 2.45) is 4.99 Å². The summed E-state index contributed by atoms with van der Waals surface area (Å²) >= 11 is 0. The molecule has 3 heteroatoms. The van der Waals surface area contributed by atoms with Gasteiger partial charge in [-0.2, -0.15) is 0 Å². The molecule has 1 aliphatic heterocycles. The van der Waals surface area contributed by atoms with Crippen LogP contribution in [0, 0.1) is 0 Å². The Balaban J connectivity index is 1.62. The van der Waals surface area contributed by atoms with Gasteiger partial charge in [0.05, 0.1) is 5.69 Å². The Morgan fingerprint density at radius 2 is 1.95 bits per heavy atom. The van der Waals surface area contributed by atoms with Crippen molar-refractivity contribution < 1.29 is 4.79 Å². The number of carbonyl (C=O) groups is 1. The predicted molar refractivity (Wildman–Crippen MR) is 84.4 cm³/mol. The van der Waals surface area contributed by atoms with Crippen LogP contribution in [0.25, 0.3) is 0 Å². The average molecular weight is 276 g/mol. The van der Waals surface area contributed by atoms with Crippen LogP contribution in [0.3, 0.4) is 0 Å². The SMILES string of the molecule is O=C1Nc2ccccc2C1C=Nc1ccc2c(c1)CCC2. The number of hydrogen-bond acceptors (Lipinski definition) is 2. The number of aliphatic imine (C=N–C) groups is 1. The van der Waals surface area contributed by atoms with Crippen molar-refractivity contribution in [1.82, 2.24) is 0 Å². The Bertz CT molecular complexity index is 749. The van der Waals surface area contributed by atoms with E-state index >= 15 is 0 Å². The zero-order valence-electron chi connectivity index (χ0n) is 11.7. The predicted octanol–water partition coefficient (Wildman–Crippen LogP) is 3.61. The van der Waals surface area contributed by atoms with Gasteiger partial charge in [0, 0.05) is 11.9 Å². The lowest BCUT2D eigenvalue weighted by Crippen LogP contribution is -2.12. The summed E-state index contributed by atoms with van der Waals surface area (Å²) in [4.78, 5) is 16.6. The molecule has 0 radical (unpaired) electrons. The van der Waals surface area contributed by atoms with E-state index in [0.717, 1.165) is 23.4 Å². The lowest BCUT2D eigenvalue weighted by molar-refractivity contribution is -0.115. The molecule has 0 aromatic heterocycles. The summed E-state index contributed by atoms with van der Waals surface area (Å²) in [6, 6.07) is 14.1. The molecule has 0 saturated heterocycles. The number of nitrogens with one attached hydrogen (secondary N) is 1. The van der Waals surface area contributed by atoms with Crippen molar-refractivity contribution in [3.8, 4) is 0 Å². The van der Waals surface area contributed by atoms with Crippen LogP contribution in [0.2, 0.25) is 0 Å². The highest BCUT2D eigenvalue weighted by Crippen LogP contribution is 2.32. The number of para-hydroxylation sites is 1. The number of anilines is 1. The lowest BCUT2D eigenvalue weighted by Gasteiger charge is -2.03. The van der Waals surface area contributed by atoms with Crippen molar-refractivity contribution in [2.75, 3.05) is 5.32 Å². The molecule has 1 atom stereocenters. The van der Waals surface area contributed by atoms with E-state index in [-0.39, 0.29) is 11.8 Å². The fourth-order valence-corrected chi connectivity index (χ4v) is 3.18. The van der Waals surface area contributed by atoms with Crippen LogP contribution in [0.4, 0.5) is 11.4 Å². The molecule has 4 rings (SSSR count). The molecule has 2 aromatic rings. The Kier molecular flexibility index (Phi) is 2.85. The highest BCUT2D eigenvalue weighted by atomic mass is 16.2. The molecular formula is C18H16N2O. The highest BCUT2D eigenvalue weighted by molar-refractivity contribution is 6.12. The Morgan fingerprint density at radius 3 is 2.90 bits per heavy atom. The van der Waals surface area contributed by atoms with E-state index in [9.17, 15) is 4.79 Å². The third-order valence-electron chi connectivity index (χ3n) is 4.29. The number of nitrogens with zero attached hydrogens (tertiary/aromatic N) is 1. The second kappa shape index (κ2) is 4.85. The summed E-state index contributed by atoms with van der Waals surface area (Å²) in [5.41, 5.74) is 5.69. The number of benzene rings is 2. The molecule has 3 nitrogen and oxygen atoms in total. The van der Waals surface area contributed by atoms with Crippen LogP contribution in [0.1, 0.15) is 29.0 Å². The van der Waals surface area contributed by atoms with Gasteiger partial charge in [0.15, 0.2) is 0 Å². The second-order valence-electron chi connectivity index (χ2n) is 5.64. The minimum absolute atomic E-state index is 0.00103. The zero-order valence-corrected chi connectivity index (χ0v) is 11.7. The molecule has 2 aromatic carbocycles. The molecule has 1 amide bonds. The Hall–Kier alpha value is -2.42. The normalized spacial score (nSPS) is 19.6. The molecule has 1 N–H and O–H groups in total. The molecule has 104 valence electrons. The first-order chi connectivity index (χ1) is 10.3. The van der Waals surface area contributed by atoms with E-state index < -0.39 is 0 Å². The highest BCUT2D eigenvalue weighted by Gasteiger charge is 2.28. The van der Waals surface area contributed by atoms with E-state index in [1.807, 2.05) is 30.3 Å². The quantitative estimate of drug-likeness (QED) is 0.836. The van der Waals surface area contributed by atoms with E-state index in [2.05, 4.69) is 22.4 Å². The number of amides is 1. The van der Waals surface area contributed by atoms with E-state index in [1.54, 1.807) is 6.21 Å². The number of carbonyl (C=O) groups excluding carboxylic acids is 1. The molecule has 2 aliphatic rings. The molecule has 1 unspecified atom stereocenters. The summed E-state index contributed by atoms with van der Waals surface area (Å²) in [7, 11) is 0. The molecule has 1 aliphatic carbocycles. The first-order valence-electron chi connectivity index (χ1n) is 7.37. The summed E-state index contributed by atoms with van der Waals surface area (Å²) in [5, 5.41) is 2.90. The van der Waals surface area contributed by atoms with Crippen LogP contribution < -0.4 is 5.32 Å². The standard InChI is InChI=1S/C18H16N2O/c21-18-16(15-6-1-2-7-17(15)20-18)11-19-14-9-8-12-4-3-5-13(12)10-14/h1-2,6-11,16H,3-5H2,(H,20,21). The van der Waals surface area contributed by atoms with Gasteiger partial charge in [-0.05, 0) is 54.2 Å². The van der Waals surface area contributed by atoms with Crippen molar-refractivity contribution >= 4 is 23.5 Å². The van der Waals surface area contributed by atoms with Gasteiger partial charge >= 0.3 is 0 Å². The van der Waals surface area contributed by atoms with Crippen molar-refractivity contribution in [1.29, 1.82) is 0 Å². The fourth-order valence-electron chi connectivity index (χ4n) is 3.18. The van der Waals surface area contributed by atoms with Gasteiger partial charge in [-0.25, -0.2) is 0 Å². The first kappa shape index (κ1) is 12.3. The Morgan fingerprint density at radius 1 is 1.10 bits per heavy atom. The topological polar surface area (TPSA) is 41.5 Å². The summed E-state index contributed by atoms with van der Waals surface area (Å²) in [6.45, 7) is 0. The van der Waals surface area contributed by atoms with Crippen LogP contribution in [-0.2, 0) is 17.6 Å². The van der Waals surface area contributed by atoms with Crippen LogP contribution in [0.15, 0.2) is 47.5 Å². The summed E-state index contributed by atoms with van der Waals surface area (Å²) in [5.74, 6) is -0.282. The van der Waals surface area contributed by atoms with Gasteiger partial charge in [0.2, 0.25) is 5.91 Å². The monoisotopic (exact) mass is 276 g/mol. The summed E-state index contributed by atoms with van der Waals surface area (Å²) in [6.07, 6.45) is 5.32. The number of aryl methyl sites for hydroxylation is 2. The van der Waals surface area contributed by atoms with Crippen molar-refractivity contribution in [3.63, 3.8) is 0 Å². The van der Waals surface area contributed by atoms with Crippen LogP contribution in [-0.4, -0.2) is 12.1 Å². The van der Waals surface area contributed by atoms with Gasteiger partial charge < -0.3 is 5.32 Å². The van der Waals surface area contributed by atoms with Gasteiger partial charge in [-0.1, -0.05) is 24.3 Å². The molecule has 0 fully saturated rings. The third-order valence-corrected chi connectivity index (χ3v) is 4.29. The second-order valence-corrected chi connectivity index (χ2v) is 5.64. The van der Waals surface area contributed by atoms with Crippen molar-refractivity contribution in [3.05, 3.63) is 59.2 Å². The summed E-state index contributed by atoms with van der Waals surface area (Å²) < 4.78 is 0. The fraction of sp³-hybridized carbons (Fsp3) is 0.222. The first-order valence-corrected chi connectivity index (χ1v) is 7.37. The molecular weight excluding hydrogens is 260 g/mol. The average Bonchev–Trinajstić information content (AvgIpc) is 3.08. The molecule has 0 spiro atoms. The van der Waals surface area contributed by atoms with Crippen molar-refractivity contribution in [2.45, 2.75) is 25.2 Å². The lowest BCUT2D eigenvalue weighted by atomic mass is 10.0. The molecule has 0 saturated carbocycles. The maximum Gasteiger partial charge on any atom is 0.237 e. The van der Waals surface area contributed by atoms with Gasteiger partial charge in [0.25, 0.3) is 0 Å². The molecule has 21 heavy (non-hydrogen) atoms. The minimum atomic E-state index is -0.283. The Labute approximate surface area is 123 Å². The third kappa shape index (κ3) is 2.15. The van der Waals surface area contributed by atoms with E-state index in [0.29, 0.717) is 0 Å². The largest absolute Gasteiger partial charge is 0.325 e. The number of hydrogen-bond donors (Lipinski definition) is 1. The van der Waals surface area contributed by atoms with Gasteiger partial charge in [0.1, 0.15) is 5.92 Å². The maximum atomic E-state index is 12.0. The zero-order chi connectivity index (χ0) is 14.2. The molecule has 1 heterocycles. The number of rotatable bonds is 2. The van der Waals surface area contributed by atoms with Crippen LogP contribution in [0.5, 0.6) is 0 Å². The maximum absolute atomic E-state index is 12.0. The smallest absolute Gasteiger partial charge is 0.237 e.